The third kappa shape index (κ3) is 8.38. The molecular weight excluding hydrogens is 520 g/mol. The van der Waals surface area contributed by atoms with E-state index < -0.39 is 12.2 Å². The number of aliphatic hydroxyl groups is 1. The molecule has 1 aromatic heterocycles. The van der Waals surface area contributed by atoms with Gasteiger partial charge in [0.25, 0.3) is 0 Å². The number of nitrogens with one attached hydrogen (secondary N) is 2. The number of aliphatic hydroxyl groups excluding tert-OH is 1. The number of benzene rings is 2. The number of carbonyl (C=O) groups excluding carboxylic acids is 2. The van der Waals surface area contributed by atoms with Crippen molar-refractivity contribution in [2.75, 3.05) is 5.75 Å². The van der Waals surface area contributed by atoms with Crippen molar-refractivity contribution < 1.29 is 29.4 Å². The molecule has 3 unspecified atom stereocenters. The number of amides is 2. The van der Waals surface area contributed by atoms with E-state index >= 15 is 0 Å². The van der Waals surface area contributed by atoms with Gasteiger partial charge in [-0.05, 0) is 23.1 Å². The largest absolute Gasteiger partial charge is 0.392 e. The van der Waals surface area contributed by atoms with E-state index in [9.17, 15) is 14.7 Å². The highest BCUT2D eigenvalue weighted by molar-refractivity contribution is 7.99. The standard InChI is InChI=1S/C28H34N4O6S/c1-32-14-13-29-28(32)39-18-23-15-24(21-9-7-20(17-33)8-10-21)38-27(37-23)22-11-5-19(6-12-22)16-30-25(34)3-2-4-26(35)31-36/h5-14,23-24,27,33,36H,2-4,15-18H2,1H3,(H,30,34)(H,31,35). The summed E-state index contributed by atoms with van der Waals surface area (Å²) >= 11 is 1.64. The van der Waals surface area contributed by atoms with Gasteiger partial charge in [0.1, 0.15) is 0 Å². The summed E-state index contributed by atoms with van der Waals surface area (Å²) in [5.74, 6) is 0.0549. The molecule has 2 heterocycles. The lowest BCUT2D eigenvalue weighted by molar-refractivity contribution is -0.245. The molecule has 0 radical (unpaired) electrons. The number of imidazole rings is 1. The zero-order valence-corrected chi connectivity index (χ0v) is 22.6. The van der Waals surface area contributed by atoms with E-state index in [0.717, 1.165) is 33.2 Å². The van der Waals surface area contributed by atoms with Crippen molar-refractivity contribution in [1.29, 1.82) is 0 Å². The van der Waals surface area contributed by atoms with Gasteiger partial charge < -0.3 is 24.5 Å². The molecule has 11 heteroatoms. The van der Waals surface area contributed by atoms with Crippen LogP contribution in [0.15, 0.2) is 66.1 Å². The SMILES string of the molecule is Cn1ccnc1SCC1CC(c2ccc(CO)cc2)OC(c2ccc(CNC(=O)CCCC(=O)NO)cc2)O1. The van der Waals surface area contributed by atoms with Crippen LogP contribution in [0.25, 0.3) is 0 Å². The molecule has 0 saturated carbocycles. The van der Waals surface area contributed by atoms with Crippen molar-refractivity contribution in [2.45, 2.75) is 62.5 Å². The zero-order valence-electron chi connectivity index (χ0n) is 21.8. The number of nitrogens with zero attached hydrogens (tertiary/aromatic N) is 2. The highest BCUT2D eigenvalue weighted by Crippen LogP contribution is 2.39. The van der Waals surface area contributed by atoms with Crippen LogP contribution in [0.1, 0.15) is 60.3 Å². The van der Waals surface area contributed by atoms with Crippen LogP contribution in [0.4, 0.5) is 0 Å². The molecular formula is C28H34N4O6S. The van der Waals surface area contributed by atoms with Gasteiger partial charge in [-0.15, -0.1) is 0 Å². The molecule has 208 valence electrons. The first kappa shape index (κ1) is 28.8. The number of thioether (sulfide) groups is 1. The fourth-order valence-corrected chi connectivity index (χ4v) is 5.18. The van der Waals surface area contributed by atoms with E-state index in [2.05, 4.69) is 10.3 Å². The highest BCUT2D eigenvalue weighted by atomic mass is 32.2. The Hall–Kier alpha value is -3.22. The number of hydroxylamine groups is 1. The molecule has 1 fully saturated rings. The van der Waals surface area contributed by atoms with E-state index in [1.807, 2.05) is 66.3 Å². The molecule has 2 amide bonds. The molecule has 39 heavy (non-hydrogen) atoms. The van der Waals surface area contributed by atoms with Crippen LogP contribution in [-0.2, 0) is 39.3 Å². The summed E-state index contributed by atoms with van der Waals surface area (Å²) in [6, 6.07) is 15.5. The molecule has 0 aliphatic carbocycles. The van der Waals surface area contributed by atoms with Gasteiger partial charge in [0, 0.05) is 56.6 Å². The predicted octanol–water partition coefficient (Wildman–Crippen LogP) is 3.54. The maximum atomic E-state index is 12.0. The Bertz CT molecular complexity index is 1220. The van der Waals surface area contributed by atoms with Crippen molar-refractivity contribution >= 4 is 23.6 Å². The summed E-state index contributed by atoms with van der Waals surface area (Å²) in [6.45, 7) is 0.356. The Morgan fingerprint density at radius 3 is 2.38 bits per heavy atom. The average Bonchev–Trinajstić information content (AvgIpc) is 3.39. The van der Waals surface area contributed by atoms with Crippen LogP contribution in [0.5, 0.6) is 0 Å². The lowest BCUT2D eigenvalue weighted by Crippen LogP contribution is -2.31. The van der Waals surface area contributed by atoms with Gasteiger partial charge in [-0.3, -0.25) is 14.8 Å². The highest BCUT2D eigenvalue weighted by Gasteiger charge is 2.32. The van der Waals surface area contributed by atoms with Crippen LogP contribution in [0.3, 0.4) is 0 Å². The van der Waals surface area contributed by atoms with Crippen LogP contribution in [0.2, 0.25) is 0 Å². The molecule has 3 atom stereocenters. The molecule has 3 aromatic rings. The lowest BCUT2D eigenvalue weighted by atomic mass is 10.0. The van der Waals surface area contributed by atoms with E-state index in [1.165, 1.54) is 0 Å². The number of aryl methyl sites for hydroxylation is 1. The van der Waals surface area contributed by atoms with Crippen molar-refractivity contribution in [2.24, 2.45) is 7.05 Å². The molecule has 10 nitrogen and oxygen atoms in total. The minimum absolute atomic E-state index is 0.00581. The maximum Gasteiger partial charge on any atom is 0.243 e. The van der Waals surface area contributed by atoms with Gasteiger partial charge in [0.05, 0.1) is 18.8 Å². The number of carbonyl (C=O) groups is 2. The van der Waals surface area contributed by atoms with Gasteiger partial charge in [-0.25, -0.2) is 10.5 Å². The second kappa shape index (κ2) is 14.2. The predicted molar refractivity (Wildman–Crippen MR) is 144 cm³/mol. The summed E-state index contributed by atoms with van der Waals surface area (Å²) in [7, 11) is 1.97. The molecule has 4 rings (SSSR count). The van der Waals surface area contributed by atoms with Crippen LogP contribution in [-0.4, -0.2) is 43.5 Å². The van der Waals surface area contributed by atoms with E-state index in [4.69, 9.17) is 14.7 Å². The van der Waals surface area contributed by atoms with Crippen molar-refractivity contribution in [3.05, 3.63) is 83.2 Å². The maximum absolute atomic E-state index is 12.0. The molecule has 1 aliphatic rings. The number of aromatic nitrogens is 2. The number of hydrogen-bond donors (Lipinski definition) is 4. The second-order valence-corrected chi connectivity index (χ2v) is 10.4. The van der Waals surface area contributed by atoms with Gasteiger partial charge >= 0.3 is 0 Å². The Morgan fingerprint density at radius 2 is 1.72 bits per heavy atom. The first-order chi connectivity index (χ1) is 18.9. The zero-order chi connectivity index (χ0) is 27.6. The van der Waals surface area contributed by atoms with E-state index in [-0.39, 0.29) is 37.6 Å². The lowest BCUT2D eigenvalue weighted by Gasteiger charge is -2.36. The number of rotatable bonds is 12. The summed E-state index contributed by atoms with van der Waals surface area (Å²) < 4.78 is 14.8. The van der Waals surface area contributed by atoms with E-state index in [0.29, 0.717) is 19.4 Å². The average molecular weight is 555 g/mol. The molecule has 0 bridgehead atoms. The fraction of sp³-hybridized carbons (Fsp3) is 0.393. The summed E-state index contributed by atoms with van der Waals surface area (Å²) in [4.78, 5) is 27.5. The van der Waals surface area contributed by atoms with E-state index in [1.54, 1.807) is 23.4 Å². The van der Waals surface area contributed by atoms with Crippen molar-refractivity contribution in [3.8, 4) is 0 Å². The van der Waals surface area contributed by atoms with Crippen LogP contribution >= 0.6 is 11.8 Å². The third-order valence-corrected chi connectivity index (χ3v) is 7.65. The monoisotopic (exact) mass is 554 g/mol. The van der Waals surface area contributed by atoms with Gasteiger partial charge in [-0.2, -0.15) is 0 Å². The molecule has 0 spiro atoms. The summed E-state index contributed by atoms with van der Waals surface area (Å²) in [5.41, 5.74) is 5.24. The third-order valence-electron chi connectivity index (χ3n) is 6.46. The van der Waals surface area contributed by atoms with Gasteiger partial charge in [0.15, 0.2) is 11.4 Å². The minimum atomic E-state index is -0.561. The normalized spacial score (nSPS) is 19.0. The van der Waals surface area contributed by atoms with Crippen LogP contribution in [0, 0.1) is 0 Å². The number of ether oxygens (including phenoxy) is 2. The summed E-state index contributed by atoms with van der Waals surface area (Å²) in [5, 5.41) is 21.7. The smallest absolute Gasteiger partial charge is 0.243 e. The molecule has 1 aliphatic heterocycles. The van der Waals surface area contributed by atoms with Crippen LogP contribution < -0.4 is 10.8 Å². The van der Waals surface area contributed by atoms with Gasteiger partial charge in [0.2, 0.25) is 11.8 Å². The first-order valence-electron chi connectivity index (χ1n) is 12.8. The molecule has 2 aromatic carbocycles. The Kier molecular flexibility index (Phi) is 10.5. The Labute approximate surface area is 231 Å². The Morgan fingerprint density at radius 1 is 1.03 bits per heavy atom. The fourth-order valence-electron chi connectivity index (χ4n) is 4.23. The quantitative estimate of drug-likeness (QED) is 0.152. The van der Waals surface area contributed by atoms with Gasteiger partial charge in [-0.1, -0.05) is 60.3 Å². The first-order valence-corrected chi connectivity index (χ1v) is 13.8. The Balaban J connectivity index is 1.38. The topological polar surface area (TPSA) is 135 Å². The second-order valence-electron chi connectivity index (χ2n) is 9.39. The van der Waals surface area contributed by atoms with Crippen molar-refractivity contribution in [3.63, 3.8) is 0 Å². The number of hydrogen-bond acceptors (Lipinski definition) is 8. The minimum Gasteiger partial charge on any atom is -0.392 e. The molecule has 4 N–H and O–H groups in total. The van der Waals surface area contributed by atoms with Crippen molar-refractivity contribution in [1.82, 2.24) is 20.3 Å². The summed E-state index contributed by atoms with van der Waals surface area (Å²) in [6.07, 6.45) is 4.24. The molecule has 1 saturated heterocycles.